The average Bonchev–Trinajstić information content (AvgIpc) is 2.68. The van der Waals surface area contributed by atoms with Gasteiger partial charge in [-0.25, -0.2) is 9.78 Å². The van der Waals surface area contributed by atoms with E-state index >= 15 is 0 Å². The van der Waals surface area contributed by atoms with Crippen LogP contribution < -0.4 is 15.4 Å². The maximum Gasteiger partial charge on any atom is 0.441 e. The summed E-state index contributed by atoms with van der Waals surface area (Å²) < 4.78 is 51.8. The zero-order valence-corrected chi connectivity index (χ0v) is 16.0. The molecule has 2 rings (SSSR count). The molecule has 0 aliphatic heterocycles. The molecule has 1 atom stereocenters. The highest BCUT2D eigenvalue weighted by molar-refractivity contribution is 5.99. The van der Waals surface area contributed by atoms with Crippen LogP contribution in [-0.2, 0) is 9.53 Å². The van der Waals surface area contributed by atoms with Crippen molar-refractivity contribution in [3.05, 3.63) is 53.7 Å². The van der Waals surface area contributed by atoms with Crippen molar-refractivity contribution in [2.45, 2.75) is 25.7 Å². The van der Waals surface area contributed by atoms with Crippen LogP contribution in [-0.4, -0.2) is 42.4 Å². The van der Waals surface area contributed by atoms with E-state index in [1.807, 2.05) is 5.32 Å². The van der Waals surface area contributed by atoms with Gasteiger partial charge in [-0.15, -0.1) is 0 Å². The molecule has 2 aromatic rings. The highest BCUT2D eigenvalue weighted by Crippen LogP contribution is 2.33. The van der Waals surface area contributed by atoms with Gasteiger partial charge >= 0.3 is 17.8 Å². The fourth-order valence-corrected chi connectivity index (χ4v) is 2.35. The number of halogens is 3. The van der Waals surface area contributed by atoms with Gasteiger partial charge in [0.15, 0.2) is 0 Å². The molecule has 0 radical (unpaired) electrons. The van der Waals surface area contributed by atoms with E-state index in [1.165, 1.54) is 56.6 Å². The number of ether oxygens (including phenoxy) is 2. The minimum atomic E-state index is -5.24. The third-order valence-electron chi connectivity index (χ3n) is 3.89. The summed E-state index contributed by atoms with van der Waals surface area (Å²) in [5.74, 6) is -2.71. The van der Waals surface area contributed by atoms with Crippen LogP contribution in [0.1, 0.15) is 22.8 Å². The van der Waals surface area contributed by atoms with Gasteiger partial charge in [0.25, 0.3) is 5.91 Å². The second-order valence-corrected chi connectivity index (χ2v) is 6.00. The number of pyridine rings is 1. The van der Waals surface area contributed by atoms with E-state index < -0.39 is 23.7 Å². The number of aromatic nitrogens is 1. The van der Waals surface area contributed by atoms with Gasteiger partial charge in [-0.2, -0.15) is 13.2 Å². The van der Waals surface area contributed by atoms with Crippen LogP contribution in [0.5, 0.6) is 5.75 Å². The molecule has 0 saturated carbocycles. The smallest absolute Gasteiger partial charge is 0.441 e. The molecule has 0 spiro atoms. The topological polar surface area (TPSA) is 89.5 Å². The Morgan fingerprint density at radius 1 is 1.10 bits per heavy atom. The number of aryl methyl sites for hydroxylation is 1. The summed E-state index contributed by atoms with van der Waals surface area (Å²) in [6.45, 7) is 2.73. The van der Waals surface area contributed by atoms with Crippen molar-refractivity contribution in [2.75, 3.05) is 19.0 Å². The number of carbonyl (C=O) groups excluding carboxylic acids is 2. The first-order chi connectivity index (χ1) is 13.6. The molecular formula is C19H20F3N3O4. The molecule has 1 aromatic carbocycles. The number of alkyl halides is 3. The van der Waals surface area contributed by atoms with Crippen molar-refractivity contribution in [1.82, 2.24) is 10.3 Å². The molecule has 1 heterocycles. The molecular weight excluding hydrogens is 391 g/mol. The van der Waals surface area contributed by atoms with Crippen LogP contribution in [0.15, 0.2) is 42.6 Å². The summed E-state index contributed by atoms with van der Waals surface area (Å²) in [5.41, 5.74) is -2.95. The van der Waals surface area contributed by atoms with Crippen molar-refractivity contribution >= 4 is 17.7 Å². The van der Waals surface area contributed by atoms with Gasteiger partial charge < -0.3 is 20.1 Å². The van der Waals surface area contributed by atoms with Crippen molar-refractivity contribution in [2.24, 2.45) is 0 Å². The molecule has 29 heavy (non-hydrogen) atoms. The second-order valence-electron chi connectivity index (χ2n) is 6.00. The van der Waals surface area contributed by atoms with E-state index in [0.29, 0.717) is 11.3 Å². The third kappa shape index (κ3) is 4.95. The lowest BCUT2D eigenvalue weighted by atomic mass is 10.1. The first-order valence-corrected chi connectivity index (χ1v) is 8.54. The van der Waals surface area contributed by atoms with E-state index in [9.17, 15) is 22.8 Å². The molecule has 0 aliphatic rings. The van der Waals surface area contributed by atoms with Gasteiger partial charge in [0.1, 0.15) is 11.6 Å². The number of methoxy groups -OCH3 is 1. The zero-order chi connectivity index (χ0) is 21.7. The molecule has 0 fully saturated rings. The van der Waals surface area contributed by atoms with Crippen LogP contribution in [0.3, 0.4) is 0 Å². The van der Waals surface area contributed by atoms with E-state index in [0.717, 1.165) is 0 Å². The normalized spacial score (nSPS) is 13.2. The summed E-state index contributed by atoms with van der Waals surface area (Å²) in [6.07, 6.45) is -3.92. The average molecular weight is 411 g/mol. The Labute approximate surface area is 165 Å². The van der Waals surface area contributed by atoms with Gasteiger partial charge in [-0.3, -0.25) is 4.79 Å². The van der Waals surface area contributed by atoms with Gasteiger partial charge in [0.2, 0.25) is 0 Å². The highest BCUT2D eigenvalue weighted by Gasteiger charge is 2.64. The van der Waals surface area contributed by atoms with Crippen LogP contribution in [0.25, 0.3) is 0 Å². The maximum absolute atomic E-state index is 14.1. The number of hydrogen-bond acceptors (Lipinski definition) is 6. The number of carbonyl (C=O) groups is 2. The Balaban J connectivity index is 2.46. The van der Waals surface area contributed by atoms with Gasteiger partial charge in [-0.1, -0.05) is 6.07 Å². The molecule has 10 heteroatoms. The van der Waals surface area contributed by atoms with Gasteiger partial charge in [0.05, 0.1) is 13.7 Å². The summed E-state index contributed by atoms with van der Waals surface area (Å²) >= 11 is 0. The molecule has 7 nitrogen and oxygen atoms in total. The van der Waals surface area contributed by atoms with E-state index in [-0.39, 0.29) is 18.0 Å². The van der Waals surface area contributed by atoms with Crippen molar-refractivity contribution < 1.29 is 32.2 Å². The van der Waals surface area contributed by atoms with Crippen molar-refractivity contribution in [3.63, 3.8) is 0 Å². The lowest BCUT2D eigenvalue weighted by Crippen LogP contribution is -2.69. The molecule has 1 amide bonds. The van der Waals surface area contributed by atoms with Crippen LogP contribution in [0, 0.1) is 6.92 Å². The number of nitrogens with zero attached hydrogens (tertiary/aromatic N) is 1. The number of rotatable bonds is 7. The van der Waals surface area contributed by atoms with Crippen LogP contribution in [0.2, 0.25) is 0 Å². The van der Waals surface area contributed by atoms with Crippen LogP contribution in [0.4, 0.5) is 19.0 Å². The largest absolute Gasteiger partial charge is 0.497 e. The summed E-state index contributed by atoms with van der Waals surface area (Å²) in [4.78, 5) is 28.8. The lowest BCUT2D eigenvalue weighted by molar-refractivity contribution is -0.204. The first kappa shape index (κ1) is 22.0. The monoisotopic (exact) mass is 411 g/mol. The third-order valence-corrected chi connectivity index (χ3v) is 3.89. The minimum absolute atomic E-state index is 0.109. The Bertz CT molecular complexity index is 854. The number of hydrogen-bond donors (Lipinski definition) is 2. The molecule has 0 saturated heterocycles. The fraction of sp³-hybridized carbons (Fsp3) is 0.316. The van der Waals surface area contributed by atoms with Crippen LogP contribution >= 0.6 is 0 Å². The minimum Gasteiger partial charge on any atom is -0.497 e. The number of benzene rings is 1. The van der Waals surface area contributed by atoms with E-state index in [4.69, 9.17) is 4.74 Å². The molecule has 0 bridgehead atoms. The van der Waals surface area contributed by atoms with E-state index in [2.05, 4.69) is 9.72 Å². The first-order valence-electron chi connectivity index (χ1n) is 8.54. The standard InChI is InChI=1S/C19H20F3N3O4/c1-4-29-17(27)18(19(20,21)22,24-15-10-5-12(2)11-23-15)25-16(26)13-6-8-14(28-3)9-7-13/h5-11H,4H2,1-3H3,(H,23,24)(H,25,26)/t18-/m0/s1. The maximum atomic E-state index is 14.1. The van der Waals surface area contributed by atoms with Gasteiger partial charge in [0, 0.05) is 11.8 Å². The summed E-state index contributed by atoms with van der Waals surface area (Å²) in [7, 11) is 1.41. The SMILES string of the molecule is CCOC(=O)[C@@](NC(=O)c1ccc(OC)cc1)(Nc1ccc(C)cn1)C(F)(F)F. The predicted molar refractivity (Wildman–Crippen MR) is 98.5 cm³/mol. The fourth-order valence-electron chi connectivity index (χ4n) is 2.35. The number of nitrogens with one attached hydrogen (secondary N) is 2. The summed E-state index contributed by atoms with van der Waals surface area (Å²) in [6, 6.07) is 8.11. The highest BCUT2D eigenvalue weighted by atomic mass is 19.4. The molecule has 156 valence electrons. The number of esters is 1. The quantitative estimate of drug-likeness (QED) is 0.538. The molecule has 1 aromatic heterocycles. The second kappa shape index (κ2) is 8.80. The number of amides is 1. The Hall–Kier alpha value is -3.30. The predicted octanol–water partition coefficient (Wildman–Crippen LogP) is 3.06. The molecule has 2 N–H and O–H groups in total. The zero-order valence-electron chi connectivity index (χ0n) is 16.0. The molecule has 0 aliphatic carbocycles. The lowest BCUT2D eigenvalue weighted by Gasteiger charge is -2.35. The molecule has 0 unspecified atom stereocenters. The number of anilines is 1. The Kier molecular flexibility index (Phi) is 6.68. The Morgan fingerprint density at radius 2 is 1.76 bits per heavy atom. The van der Waals surface area contributed by atoms with Crippen molar-refractivity contribution in [3.8, 4) is 5.75 Å². The Morgan fingerprint density at radius 3 is 2.24 bits per heavy atom. The van der Waals surface area contributed by atoms with Gasteiger partial charge in [-0.05, 0) is 49.7 Å². The van der Waals surface area contributed by atoms with Crippen molar-refractivity contribution in [1.29, 1.82) is 0 Å². The summed E-state index contributed by atoms with van der Waals surface area (Å²) in [5, 5.41) is 3.74. The van der Waals surface area contributed by atoms with E-state index in [1.54, 1.807) is 12.2 Å².